The average molecular weight is 283 g/mol. The number of carbonyl (C=O) groups excluding carboxylic acids is 3. The Labute approximate surface area is 121 Å². The Morgan fingerprint density at radius 1 is 0.857 bits per heavy atom. The maximum absolute atomic E-state index is 11.9. The van der Waals surface area contributed by atoms with Gasteiger partial charge in [0.1, 0.15) is 5.75 Å². The molecule has 2 rings (SSSR count). The molecule has 0 fully saturated rings. The van der Waals surface area contributed by atoms with E-state index in [0.717, 1.165) is 0 Å². The fourth-order valence-electron chi connectivity index (χ4n) is 1.70. The fraction of sp³-hybridized carbons (Fsp3) is 0.0625. The Kier molecular flexibility index (Phi) is 4.46. The summed E-state index contributed by atoms with van der Waals surface area (Å²) in [7, 11) is 1.50. The molecule has 5 nitrogen and oxygen atoms in total. The first kappa shape index (κ1) is 14.5. The number of hydrogen-bond acceptors (Lipinski definition) is 4. The number of amides is 2. The van der Waals surface area contributed by atoms with Crippen molar-refractivity contribution >= 4 is 17.6 Å². The zero-order chi connectivity index (χ0) is 15.2. The topological polar surface area (TPSA) is 72.5 Å². The first-order valence-corrected chi connectivity index (χ1v) is 6.21. The van der Waals surface area contributed by atoms with Crippen molar-refractivity contribution in [3.05, 3.63) is 65.7 Å². The molecule has 0 spiro atoms. The van der Waals surface area contributed by atoms with Gasteiger partial charge in [0, 0.05) is 11.1 Å². The molecular formula is C16H13NO4. The second kappa shape index (κ2) is 6.47. The van der Waals surface area contributed by atoms with Crippen LogP contribution < -0.4 is 10.1 Å². The molecule has 0 aromatic heterocycles. The van der Waals surface area contributed by atoms with E-state index in [1.54, 1.807) is 42.5 Å². The molecule has 0 unspecified atom stereocenters. The number of hydrogen-bond donors (Lipinski definition) is 1. The van der Waals surface area contributed by atoms with Crippen LogP contribution in [0.3, 0.4) is 0 Å². The second-order valence-electron chi connectivity index (χ2n) is 4.21. The molecule has 5 heteroatoms. The third-order valence-electron chi connectivity index (χ3n) is 2.82. The van der Waals surface area contributed by atoms with Crippen LogP contribution in [0, 0.1) is 0 Å². The minimum absolute atomic E-state index is 0.189. The minimum Gasteiger partial charge on any atom is -0.497 e. The van der Waals surface area contributed by atoms with Gasteiger partial charge < -0.3 is 4.74 Å². The van der Waals surface area contributed by atoms with E-state index in [1.807, 2.05) is 0 Å². The Hall–Kier alpha value is -2.95. The van der Waals surface area contributed by atoms with Crippen molar-refractivity contribution in [3.63, 3.8) is 0 Å². The van der Waals surface area contributed by atoms with Crippen LogP contribution in [0.5, 0.6) is 5.75 Å². The molecule has 2 aromatic carbocycles. The van der Waals surface area contributed by atoms with Crippen molar-refractivity contribution in [1.29, 1.82) is 0 Å². The van der Waals surface area contributed by atoms with Crippen LogP contribution in [0.1, 0.15) is 20.7 Å². The lowest BCUT2D eigenvalue weighted by Crippen LogP contribution is -2.36. The van der Waals surface area contributed by atoms with Gasteiger partial charge in [-0.15, -0.1) is 0 Å². The van der Waals surface area contributed by atoms with E-state index in [0.29, 0.717) is 11.3 Å². The van der Waals surface area contributed by atoms with Crippen molar-refractivity contribution in [2.75, 3.05) is 7.11 Å². The molecule has 21 heavy (non-hydrogen) atoms. The third-order valence-corrected chi connectivity index (χ3v) is 2.82. The van der Waals surface area contributed by atoms with Crippen LogP contribution >= 0.6 is 0 Å². The van der Waals surface area contributed by atoms with Gasteiger partial charge in [-0.3, -0.25) is 19.7 Å². The van der Waals surface area contributed by atoms with Crippen LogP contribution in [0.25, 0.3) is 0 Å². The lowest BCUT2D eigenvalue weighted by molar-refractivity contribution is -0.116. The van der Waals surface area contributed by atoms with E-state index >= 15 is 0 Å². The summed E-state index contributed by atoms with van der Waals surface area (Å²) < 4.78 is 4.97. The summed E-state index contributed by atoms with van der Waals surface area (Å²) in [5.41, 5.74) is 0.502. The first-order valence-electron chi connectivity index (χ1n) is 6.21. The van der Waals surface area contributed by atoms with E-state index in [1.165, 1.54) is 19.2 Å². The number of ketones is 1. The molecule has 0 saturated carbocycles. The third kappa shape index (κ3) is 3.54. The maximum atomic E-state index is 11.9. The monoisotopic (exact) mass is 283 g/mol. The SMILES string of the molecule is COc1ccc(C(=O)C(=O)NC(=O)c2ccccc2)cc1. The van der Waals surface area contributed by atoms with E-state index in [2.05, 4.69) is 5.32 Å². The molecule has 0 aliphatic carbocycles. The van der Waals surface area contributed by atoms with Crippen molar-refractivity contribution in [3.8, 4) is 5.75 Å². The van der Waals surface area contributed by atoms with Crippen LogP contribution in [-0.4, -0.2) is 24.7 Å². The number of imide groups is 1. The molecule has 106 valence electrons. The predicted molar refractivity (Wildman–Crippen MR) is 76.2 cm³/mol. The van der Waals surface area contributed by atoms with Gasteiger partial charge in [0.25, 0.3) is 17.6 Å². The number of methoxy groups -OCH3 is 1. The van der Waals surface area contributed by atoms with Crippen molar-refractivity contribution in [2.24, 2.45) is 0 Å². The molecule has 0 radical (unpaired) electrons. The van der Waals surface area contributed by atoms with Gasteiger partial charge in [-0.25, -0.2) is 0 Å². The number of carbonyl (C=O) groups is 3. The molecule has 2 aromatic rings. The summed E-state index contributed by atoms with van der Waals surface area (Å²) in [5.74, 6) is -1.77. The van der Waals surface area contributed by atoms with Crippen molar-refractivity contribution in [2.45, 2.75) is 0 Å². The minimum atomic E-state index is -0.964. The standard InChI is InChI=1S/C16H13NO4/c1-21-13-9-7-11(8-10-13)14(18)16(20)17-15(19)12-5-3-2-4-6-12/h2-10H,1H3,(H,17,19,20). The van der Waals surface area contributed by atoms with Gasteiger partial charge in [-0.1, -0.05) is 18.2 Å². The van der Waals surface area contributed by atoms with Crippen LogP contribution in [0.15, 0.2) is 54.6 Å². The number of ether oxygens (including phenoxy) is 1. The van der Waals surface area contributed by atoms with Crippen LogP contribution in [0.2, 0.25) is 0 Å². The number of Topliss-reactive ketones (excluding diaryl/α,β-unsaturated/α-hetero) is 1. The van der Waals surface area contributed by atoms with Gasteiger partial charge in [0.05, 0.1) is 7.11 Å². The van der Waals surface area contributed by atoms with Crippen molar-refractivity contribution < 1.29 is 19.1 Å². The summed E-state index contributed by atoms with van der Waals surface area (Å²) in [5, 5.41) is 2.06. The van der Waals surface area contributed by atoms with E-state index in [9.17, 15) is 14.4 Å². The molecule has 2 amide bonds. The Morgan fingerprint density at radius 3 is 2.05 bits per heavy atom. The summed E-state index contributed by atoms with van der Waals surface area (Å²) in [4.78, 5) is 35.5. The Morgan fingerprint density at radius 2 is 1.48 bits per heavy atom. The highest BCUT2D eigenvalue weighted by atomic mass is 16.5. The van der Waals surface area contributed by atoms with Gasteiger partial charge in [0.2, 0.25) is 0 Å². The molecule has 0 atom stereocenters. The van der Waals surface area contributed by atoms with Crippen LogP contribution in [-0.2, 0) is 4.79 Å². The quantitative estimate of drug-likeness (QED) is 0.686. The fourth-order valence-corrected chi connectivity index (χ4v) is 1.70. The molecular weight excluding hydrogens is 270 g/mol. The lowest BCUT2D eigenvalue weighted by Gasteiger charge is -2.04. The normalized spacial score (nSPS) is 9.76. The predicted octanol–water partition coefficient (Wildman–Crippen LogP) is 1.83. The van der Waals surface area contributed by atoms with Gasteiger partial charge >= 0.3 is 0 Å². The summed E-state index contributed by atoms with van der Waals surface area (Å²) in [6.07, 6.45) is 0. The highest BCUT2D eigenvalue weighted by Gasteiger charge is 2.19. The Balaban J connectivity index is 2.05. The molecule has 0 saturated heterocycles. The zero-order valence-electron chi connectivity index (χ0n) is 11.3. The van der Waals surface area contributed by atoms with E-state index in [4.69, 9.17) is 4.74 Å². The second-order valence-corrected chi connectivity index (χ2v) is 4.21. The lowest BCUT2D eigenvalue weighted by atomic mass is 10.1. The van der Waals surface area contributed by atoms with Gasteiger partial charge in [0.15, 0.2) is 0 Å². The van der Waals surface area contributed by atoms with E-state index in [-0.39, 0.29) is 5.56 Å². The average Bonchev–Trinajstić information content (AvgIpc) is 2.55. The molecule has 0 bridgehead atoms. The first-order chi connectivity index (χ1) is 10.1. The van der Waals surface area contributed by atoms with Crippen LogP contribution in [0.4, 0.5) is 0 Å². The summed E-state index contributed by atoms with van der Waals surface area (Å²) in [6, 6.07) is 14.3. The number of benzene rings is 2. The number of nitrogens with one attached hydrogen (secondary N) is 1. The smallest absolute Gasteiger partial charge is 0.299 e. The van der Waals surface area contributed by atoms with E-state index < -0.39 is 17.6 Å². The highest BCUT2D eigenvalue weighted by Crippen LogP contribution is 2.11. The summed E-state index contributed by atoms with van der Waals surface area (Å²) >= 11 is 0. The van der Waals surface area contributed by atoms with Crippen molar-refractivity contribution in [1.82, 2.24) is 5.32 Å². The number of rotatable bonds is 4. The largest absolute Gasteiger partial charge is 0.497 e. The zero-order valence-corrected chi connectivity index (χ0v) is 11.3. The molecule has 1 N–H and O–H groups in total. The van der Waals surface area contributed by atoms with Gasteiger partial charge in [-0.05, 0) is 36.4 Å². The highest BCUT2D eigenvalue weighted by molar-refractivity contribution is 6.45. The molecule has 0 heterocycles. The summed E-state index contributed by atoms with van der Waals surface area (Å²) in [6.45, 7) is 0. The Bertz CT molecular complexity index is 662. The maximum Gasteiger partial charge on any atom is 0.299 e. The molecule has 0 aliphatic heterocycles. The van der Waals surface area contributed by atoms with Gasteiger partial charge in [-0.2, -0.15) is 0 Å². The molecule has 0 aliphatic rings.